The van der Waals surface area contributed by atoms with Crippen molar-refractivity contribution < 1.29 is 60.8 Å². The number of hydrogen-bond donors (Lipinski definition) is 2. The fraction of sp³-hybridized carbons (Fsp3) is 0.848. The second kappa shape index (κ2) is 16.5. The molecule has 6 rings (SSSR count). The number of ether oxygens (including phenoxy) is 6. The number of rotatable bonds is 13. The predicted molar refractivity (Wildman–Crippen MR) is 197 cm³/mol. The molecule has 6 heterocycles. The maximum atomic E-state index is 13.9. The summed E-state index contributed by atoms with van der Waals surface area (Å²) in [5.41, 5.74) is 6.65. The number of aliphatic hydroxyl groups excluding tert-OH is 1. The molecule has 308 valence electrons. The number of aromatic nitrogens is 4. The van der Waals surface area contributed by atoms with Crippen molar-refractivity contribution in [3.8, 4) is 0 Å². The average molecular weight is 828 g/mol. The maximum absolute atomic E-state index is 13.9. The van der Waals surface area contributed by atoms with E-state index in [9.17, 15) is 14.2 Å². The lowest BCUT2D eigenvalue weighted by Gasteiger charge is -2.30. The Bertz CT molecular complexity index is 1680. The summed E-state index contributed by atoms with van der Waals surface area (Å²) in [6.07, 6.45) is -3.10. The van der Waals surface area contributed by atoms with E-state index >= 15 is 0 Å². The van der Waals surface area contributed by atoms with Crippen molar-refractivity contribution in [2.24, 2.45) is 0 Å². The molecule has 0 aliphatic carbocycles. The number of nitrogens with zero attached hydrogens (tertiary/aromatic N) is 4. The fourth-order valence-corrected chi connectivity index (χ4v) is 11.8. The van der Waals surface area contributed by atoms with Crippen LogP contribution in [0.1, 0.15) is 83.1 Å². The molecule has 0 bridgehead atoms. The molecule has 0 amide bonds. The van der Waals surface area contributed by atoms with E-state index in [1.54, 1.807) is 94.0 Å². The molecule has 0 aromatic carbocycles. The molecule has 0 radical (unpaired) electrons. The minimum Gasteiger partial charge on any atom is -0.394 e. The Morgan fingerprint density at radius 2 is 1.17 bits per heavy atom. The molecule has 2 aromatic heterocycles. The zero-order valence-corrected chi connectivity index (χ0v) is 35.4. The summed E-state index contributed by atoms with van der Waals surface area (Å²) in [6.45, 7) is 21.5. The minimum absolute atomic E-state index is 0.0362. The zero-order valence-electron chi connectivity index (χ0n) is 32.9. The van der Waals surface area contributed by atoms with Crippen LogP contribution in [0.3, 0.4) is 0 Å². The number of imidazole rings is 1. The van der Waals surface area contributed by atoms with Gasteiger partial charge in [0.1, 0.15) is 42.1 Å². The molecule has 0 saturated carbocycles. The molecule has 0 spiro atoms. The lowest BCUT2D eigenvalue weighted by molar-refractivity contribution is -0.184. The van der Waals surface area contributed by atoms with Gasteiger partial charge in [0.2, 0.25) is 5.95 Å². The smallest absolute Gasteiger partial charge is 0.362 e. The van der Waals surface area contributed by atoms with Crippen molar-refractivity contribution in [3.63, 3.8) is 0 Å². The van der Waals surface area contributed by atoms with Gasteiger partial charge in [-0.3, -0.25) is 9.13 Å². The molecule has 18 nitrogen and oxygen atoms in total. The SMILES string of the molecule is CC(C)OP(=O)(OC(C)C)[C@@H]1O[C@H](CO)[C@H]2OC(C)(C)O[C@H]21.CC(C)OP(=O)(OC(C)C)[C@@H]1O[C@H](Cn2cnc3c(Cl)nc(N)nc32)[C@H]2OC(C)(C)O[C@H]21. The van der Waals surface area contributed by atoms with E-state index in [-0.39, 0.29) is 48.7 Å². The van der Waals surface area contributed by atoms with Crippen LogP contribution in [0.4, 0.5) is 5.95 Å². The molecule has 0 unspecified atom stereocenters. The van der Waals surface area contributed by atoms with Gasteiger partial charge in [0.15, 0.2) is 34.1 Å². The highest BCUT2D eigenvalue weighted by atomic mass is 35.5. The average Bonchev–Trinajstić information content (AvgIpc) is 3.78. The van der Waals surface area contributed by atoms with Gasteiger partial charge in [0, 0.05) is 0 Å². The number of nitrogen functional groups attached to an aromatic ring is 1. The van der Waals surface area contributed by atoms with E-state index < -0.39 is 75.1 Å². The second-order valence-electron chi connectivity index (χ2n) is 15.6. The first kappa shape index (κ1) is 43.8. The molecular weight excluding hydrogens is 772 g/mol. The first-order valence-corrected chi connectivity index (χ1v) is 21.8. The van der Waals surface area contributed by atoms with Gasteiger partial charge < -0.3 is 61.9 Å². The van der Waals surface area contributed by atoms with Crippen LogP contribution < -0.4 is 5.73 Å². The molecule has 4 aliphatic rings. The van der Waals surface area contributed by atoms with E-state index in [1.807, 2.05) is 0 Å². The molecule has 54 heavy (non-hydrogen) atoms. The fourth-order valence-electron chi connectivity index (χ4n) is 6.84. The summed E-state index contributed by atoms with van der Waals surface area (Å²) >= 11 is 6.15. The normalized spacial score (nSPS) is 30.5. The third-order valence-corrected chi connectivity index (χ3v) is 13.5. The third-order valence-electron chi connectivity index (χ3n) is 8.30. The van der Waals surface area contributed by atoms with Crippen molar-refractivity contribution in [2.45, 2.75) is 174 Å². The van der Waals surface area contributed by atoms with Crippen molar-refractivity contribution in [1.82, 2.24) is 19.5 Å². The summed E-state index contributed by atoms with van der Waals surface area (Å²) in [5.74, 6) is -3.55. The number of fused-ring (bicyclic) bond motifs is 3. The minimum atomic E-state index is -3.72. The molecule has 8 atom stereocenters. The highest BCUT2D eigenvalue weighted by molar-refractivity contribution is 7.54. The molecule has 4 aliphatic heterocycles. The van der Waals surface area contributed by atoms with Gasteiger partial charge in [-0.05, 0) is 83.1 Å². The van der Waals surface area contributed by atoms with Gasteiger partial charge in [-0.25, -0.2) is 4.98 Å². The molecule has 4 saturated heterocycles. The van der Waals surface area contributed by atoms with Crippen LogP contribution in [0.5, 0.6) is 0 Å². The number of aliphatic hydroxyl groups is 1. The van der Waals surface area contributed by atoms with Crippen LogP contribution in [0.15, 0.2) is 6.33 Å². The Hall–Kier alpha value is -1.34. The number of halogens is 1. The molecule has 2 aromatic rings. The summed E-state index contributed by atoms with van der Waals surface area (Å²) in [5, 5.41) is 9.66. The van der Waals surface area contributed by atoms with Crippen LogP contribution in [0.2, 0.25) is 5.15 Å². The van der Waals surface area contributed by atoms with Gasteiger partial charge >= 0.3 is 15.2 Å². The van der Waals surface area contributed by atoms with Gasteiger partial charge in [-0.15, -0.1) is 0 Å². The van der Waals surface area contributed by atoms with Crippen LogP contribution in [-0.2, 0) is 62.2 Å². The third kappa shape index (κ3) is 9.67. The Kier molecular flexibility index (Phi) is 13.4. The lowest BCUT2D eigenvalue weighted by atomic mass is 10.1. The first-order chi connectivity index (χ1) is 25.0. The first-order valence-electron chi connectivity index (χ1n) is 18.2. The zero-order chi connectivity index (χ0) is 40.1. The van der Waals surface area contributed by atoms with Crippen molar-refractivity contribution >= 4 is 43.9 Å². The van der Waals surface area contributed by atoms with Gasteiger partial charge in [-0.2, -0.15) is 9.97 Å². The summed E-state index contributed by atoms with van der Waals surface area (Å²) < 4.78 is 87.5. The Morgan fingerprint density at radius 1 is 0.759 bits per heavy atom. The lowest BCUT2D eigenvalue weighted by Crippen LogP contribution is -2.32. The van der Waals surface area contributed by atoms with Crippen LogP contribution in [0.25, 0.3) is 11.2 Å². The monoisotopic (exact) mass is 827 g/mol. The molecule has 4 fully saturated rings. The van der Waals surface area contributed by atoms with Gasteiger partial charge in [0.05, 0.1) is 43.9 Å². The number of hydrogen-bond acceptors (Lipinski definition) is 17. The number of nitrogens with two attached hydrogens (primary N) is 1. The van der Waals surface area contributed by atoms with Crippen LogP contribution in [-0.4, -0.2) is 116 Å². The van der Waals surface area contributed by atoms with Crippen molar-refractivity contribution in [1.29, 1.82) is 0 Å². The van der Waals surface area contributed by atoms with Crippen molar-refractivity contribution in [3.05, 3.63) is 11.5 Å². The van der Waals surface area contributed by atoms with E-state index in [0.717, 1.165) is 0 Å². The standard InChI is InChI=1S/C19H29ClN5O6P.C14H27O7P/c1-9(2)30-32(26,31-10(3)4)17-14-13(28-19(5,6)29-14)11(27-17)7-25-8-22-12-15(20)23-18(21)24-16(12)25;1-8(2)20-22(16,21-9(3)4)13-12-11(10(7-15)17-13)18-14(5,6)19-12/h8-11,13-14,17H,7H2,1-6H3,(H2,21,23,24);8-13,15H,7H2,1-6H3/t11-,13-,14-,17+;10-,11-,12-,13+/m11/s1. The second-order valence-corrected chi connectivity index (χ2v) is 20.0. The maximum Gasteiger partial charge on any atom is 0.362 e. The van der Waals surface area contributed by atoms with E-state index in [0.29, 0.717) is 11.2 Å². The van der Waals surface area contributed by atoms with Crippen molar-refractivity contribution in [2.75, 3.05) is 12.3 Å². The summed E-state index contributed by atoms with van der Waals surface area (Å²) in [4.78, 5) is 12.5. The van der Waals surface area contributed by atoms with Crippen LogP contribution >= 0.6 is 26.8 Å². The topological polar surface area (TPSA) is 216 Å². The number of anilines is 1. The van der Waals surface area contributed by atoms with Gasteiger partial charge in [0.25, 0.3) is 0 Å². The summed E-state index contributed by atoms with van der Waals surface area (Å²) in [6, 6.07) is 0. The Labute approximate surface area is 321 Å². The van der Waals surface area contributed by atoms with Gasteiger partial charge in [-0.1, -0.05) is 11.6 Å². The van der Waals surface area contributed by atoms with E-state index in [1.165, 1.54) is 0 Å². The van der Waals surface area contributed by atoms with E-state index in [2.05, 4.69) is 15.0 Å². The quantitative estimate of drug-likeness (QED) is 0.185. The Morgan fingerprint density at radius 3 is 1.59 bits per heavy atom. The molecule has 21 heteroatoms. The largest absolute Gasteiger partial charge is 0.394 e. The predicted octanol–water partition coefficient (Wildman–Crippen LogP) is 5.62. The molecular formula is C33H56ClN5O13P2. The highest BCUT2D eigenvalue weighted by Gasteiger charge is 2.63. The highest BCUT2D eigenvalue weighted by Crippen LogP contribution is 2.63. The van der Waals surface area contributed by atoms with E-state index in [4.69, 9.17) is 63.9 Å². The molecule has 3 N–H and O–H groups in total. The Balaban J connectivity index is 0.000000223. The van der Waals surface area contributed by atoms with Crippen LogP contribution in [0, 0.1) is 0 Å². The summed E-state index contributed by atoms with van der Waals surface area (Å²) in [7, 11) is -7.31.